The van der Waals surface area contributed by atoms with Crippen molar-refractivity contribution in [3.63, 3.8) is 0 Å². The van der Waals surface area contributed by atoms with Gasteiger partial charge >= 0.3 is 0 Å². The van der Waals surface area contributed by atoms with Crippen LogP contribution in [0.1, 0.15) is 53.7 Å². The lowest BCUT2D eigenvalue weighted by Gasteiger charge is -2.12. The van der Waals surface area contributed by atoms with Crippen molar-refractivity contribution >= 4 is 28.3 Å². The van der Waals surface area contributed by atoms with E-state index < -0.39 is 0 Å². The normalized spacial score (nSPS) is 12.7. The first kappa shape index (κ1) is 14.7. The Morgan fingerprint density at radius 3 is 2.86 bits per heavy atom. The number of hydrogen-bond acceptors (Lipinski definition) is 5. The third kappa shape index (κ3) is 2.74. The molecule has 1 amide bonds. The minimum Gasteiger partial charge on any atom is -0.345 e. The minimum atomic E-state index is -0.147. The van der Waals surface area contributed by atoms with Gasteiger partial charge in [0.1, 0.15) is 0 Å². The van der Waals surface area contributed by atoms with E-state index in [0.29, 0.717) is 11.3 Å². The molecule has 1 N–H and O–H groups in total. The molecule has 0 bridgehead atoms. The second-order valence-electron chi connectivity index (χ2n) is 5.51. The Labute approximate surface area is 132 Å². The quantitative estimate of drug-likeness (QED) is 0.793. The van der Waals surface area contributed by atoms with E-state index in [0.717, 1.165) is 16.0 Å². The van der Waals surface area contributed by atoms with Crippen molar-refractivity contribution in [2.24, 2.45) is 0 Å². The average molecular weight is 315 g/mol. The number of carbonyl (C=O) groups excluding carboxylic acids is 1. The standard InChI is InChI=1S/C16H17N3O2S/c1-9(2)14-12-7-11(8-17-16(12)21-19-14)15(20)18-10(3)13-5-4-6-22-13/h4-10H,1-3H3,(H,18,20)/t10-/m0/s1. The van der Waals surface area contributed by atoms with Crippen LogP contribution in [-0.2, 0) is 0 Å². The van der Waals surface area contributed by atoms with Gasteiger partial charge in [0.25, 0.3) is 11.6 Å². The molecule has 0 unspecified atom stereocenters. The molecular formula is C16H17N3O2S. The Hall–Kier alpha value is -2.21. The molecule has 3 rings (SSSR count). The first-order valence-electron chi connectivity index (χ1n) is 7.16. The summed E-state index contributed by atoms with van der Waals surface area (Å²) in [6, 6.07) is 5.75. The van der Waals surface area contributed by atoms with Crippen LogP contribution < -0.4 is 5.32 Å². The molecule has 0 aliphatic carbocycles. The lowest BCUT2D eigenvalue weighted by molar-refractivity contribution is 0.0940. The Kier molecular flexibility index (Phi) is 3.94. The van der Waals surface area contributed by atoms with Crippen LogP contribution >= 0.6 is 11.3 Å². The molecule has 3 aromatic heterocycles. The van der Waals surface area contributed by atoms with E-state index in [1.54, 1.807) is 17.4 Å². The highest BCUT2D eigenvalue weighted by Crippen LogP contribution is 2.24. The summed E-state index contributed by atoms with van der Waals surface area (Å²) in [6.07, 6.45) is 1.52. The Morgan fingerprint density at radius 2 is 2.18 bits per heavy atom. The van der Waals surface area contributed by atoms with Gasteiger partial charge in [0, 0.05) is 11.1 Å². The fraction of sp³-hybridized carbons (Fsp3) is 0.312. The molecule has 0 aliphatic heterocycles. The summed E-state index contributed by atoms with van der Waals surface area (Å²) in [5.41, 5.74) is 1.80. The van der Waals surface area contributed by atoms with Gasteiger partial charge in [0.2, 0.25) is 0 Å². The van der Waals surface area contributed by atoms with Crippen molar-refractivity contribution in [2.45, 2.75) is 32.7 Å². The number of pyridine rings is 1. The van der Waals surface area contributed by atoms with Gasteiger partial charge in [-0.1, -0.05) is 25.1 Å². The van der Waals surface area contributed by atoms with Gasteiger partial charge in [-0.15, -0.1) is 11.3 Å². The van der Waals surface area contributed by atoms with Crippen molar-refractivity contribution in [2.75, 3.05) is 0 Å². The lowest BCUT2D eigenvalue weighted by atomic mass is 10.1. The monoisotopic (exact) mass is 315 g/mol. The topological polar surface area (TPSA) is 68.0 Å². The molecule has 114 valence electrons. The Morgan fingerprint density at radius 1 is 1.36 bits per heavy atom. The molecular weight excluding hydrogens is 298 g/mol. The average Bonchev–Trinajstić information content (AvgIpc) is 3.15. The molecule has 0 saturated carbocycles. The van der Waals surface area contributed by atoms with E-state index in [4.69, 9.17) is 4.52 Å². The molecule has 3 heterocycles. The number of nitrogens with zero attached hydrogens (tertiary/aromatic N) is 2. The van der Waals surface area contributed by atoms with Crippen molar-refractivity contribution < 1.29 is 9.32 Å². The van der Waals surface area contributed by atoms with E-state index in [1.165, 1.54) is 6.20 Å². The predicted octanol–water partition coefficient (Wildman–Crippen LogP) is 3.90. The van der Waals surface area contributed by atoms with Crippen LogP contribution in [0, 0.1) is 0 Å². The molecule has 0 radical (unpaired) electrons. The highest BCUT2D eigenvalue weighted by atomic mass is 32.1. The Bertz CT molecular complexity index is 793. The molecule has 5 nitrogen and oxygen atoms in total. The van der Waals surface area contributed by atoms with E-state index in [1.807, 2.05) is 38.3 Å². The third-order valence-electron chi connectivity index (χ3n) is 3.48. The molecule has 0 spiro atoms. The molecule has 0 aromatic carbocycles. The summed E-state index contributed by atoms with van der Waals surface area (Å²) in [6.45, 7) is 6.03. The van der Waals surface area contributed by atoms with Gasteiger partial charge in [-0.25, -0.2) is 4.98 Å². The lowest BCUT2D eigenvalue weighted by Crippen LogP contribution is -2.26. The fourth-order valence-corrected chi connectivity index (χ4v) is 3.01. The zero-order valence-corrected chi connectivity index (χ0v) is 13.5. The summed E-state index contributed by atoms with van der Waals surface area (Å²) in [5, 5.41) is 9.81. The van der Waals surface area contributed by atoms with Crippen LogP contribution in [0.5, 0.6) is 0 Å². The van der Waals surface area contributed by atoms with Crippen LogP contribution in [0.25, 0.3) is 11.1 Å². The third-order valence-corrected chi connectivity index (χ3v) is 4.54. The second-order valence-corrected chi connectivity index (χ2v) is 6.49. The van der Waals surface area contributed by atoms with E-state index >= 15 is 0 Å². The first-order valence-corrected chi connectivity index (χ1v) is 8.04. The SMILES string of the molecule is CC(C)c1noc2ncc(C(=O)N[C@@H](C)c3cccs3)cc12. The van der Waals surface area contributed by atoms with Crippen LogP contribution in [0.15, 0.2) is 34.3 Å². The van der Waals surface area contributed by atoms with Crippen LogP contribution in [-0.4, -0.2) is 16.0 Å². The highest BCUT2D eigenvalue weighted by molar-refractivity contribution is 7.10. The molecule has 0 fully saturated rings. The van der Waals surface area contributed by atoms with Crippen LogP contribution in [0.4, 0.5) is 0 Å². The van der Waals surface area contributed by atoms with E-state index in [9.17, 15) is 4.79 Å². The zero-order chi connectivity index (χ0) is 15.7. The number of hydrogen-bond donors (Lipinski definition) is 1. The van der Waals surface area contributed by atoms with Gasteiger partial charge in [-0.05, 0) is 30.4 Å². The van der Waals surface area contributed by atoms with Gasteiger partial charge in [0.15, 0.2) is 0 Å². The molecule has 22 heavy (non-hydrogen) atoms. The van der Waals surface area contributed by atoms with Gasteiger partial charge in [0.05, 0.1) is 22.7 Å². The number of aromatic nitrogens is 2. The fourth-order valence-electron chi connectivity index (χ4n) is 2.28. The first-order chi connectivity index (χ1) is 10.6. The number of thiophene rings is 1. The molecule has 0 saturated heterocycles. The molecule has 0 aliphatic rings. The summed E-state index contributed by atoms with van der Waals surface area (Å²) >= 11 is 1.62. The van der Waals surface area contributed by atoms with Gasteiger partial charge < -0.3 is 9.84 Å². The second kappa shape index (κ2) is 5.88. The molecule has 6 heteroatoms. The minimum absolute atomic E-state index is 0.0322. The largest absolute Gasteiger partial charge is 0.345 e. The Balaban J connectivity index is 1.86. The van der Waals surface area contributed by atoms with Crippen molar-refractivity contribution in [3.05, 3.63) is 45.9 Å². The summed E-state index contributed by atoms with van der Waals surface area (Å²) < 4.78 is 5.19. The van der Waals surface area contributed by atoms with E-state index in [-0.39, 0.29) is 17.9 Å². The number of rotatable bonds is 4. The maximum Gasteiger partial charge on any atom is 0.257 e. The highest BCUT2D eigenvalue weighted by Gasteiger charge is 2.17. The number of fused-ring (bicyclic) bond motifs is 1. The smallest absolute Gasteiger partial charge is 0.257 e. The predicted molar refractivity (Wildman–Crippen MR) is 86.1 cm³/mol. The molecule has 3 aromatic rings. The summed E-state index contributed by atoms with van der Waals surface area (Å²) in [5.74, 6) is 0.0672. The maximum atomic E-state index is 12.4. The van der Waals surface area contributed by atoms with Crippen molar-refractivity contribution in [1.82, 2.24) is 15.5 Å². The number of nitrogens with one attached hydrogen (secondary N) is 1. The number of amides is 1. The molecule has 1 atom stereocenters. The zero-order valence-electron chi connectivity index (χ0n) is 12.7. The van der Waals surface area contributed by atoms with Gasteiger partial charge in [-0.3, -0.25) is 4.79 Å². The summed E-state index contributed by atoms with van der Waals surface area (Å²) in [7, 11) is 0. The van der Waals surface area contributed by atoms with Crippen LogP contribution in [0.2, 0.25) is 0 Å². The van der Waals surface area contributed by atoms with Crippen LogP contribution in [0.3, 0.4) is 0 Å². The van der Waals surface area contributed by atoms with E-state index in [2.05, 4.69) is 15.5 Å². The summed E-state index contributed by atoms with van der Waals surface area (Å²) in [4.78, 5) is 17.7. The number of carbonyl (C=O) groups is 1. The van der Waals surface area contributed by atoms with Crippen molar-refractivity contribution in [3.8, 4) is 0 Å². The van der Waals surface area contributed by atoms with Gasteiger partial charge in [-0.2, -0.15) is 0 Å². The maximum absolute atomic E-state index is 12.4. The van der Waals surface area contributed by atoms with Crippen molar-refractivity contribution in [1.29, 1.82) is 0 Å².